The standard InChI is InChI=1S/C12H13BrFN3O/c1-17-12(10(18-2)6-16-17)11(15)8-4-3-7(13)5-9(8)14/h3-6,11H,15H2,1-2H3. The van der Waals surface area contributed by atoms with E-state index in [1.165, 1.54) is 13.2 Å². The number of hydrogen-bond acceptors (Lipinski definition) is 3. The molecule has 0 bridgehead atoms. The predicted molar refractivity (Wildman–Crippen MR) is 69.9 cm³/mol. The molecule has 0 radical (unpaired) electrons. The van der Waals surface area contributed by atoms with Crippen molar-refractivity contribution in [1.29, 1.82) is 0 Å². The molecule has 1 unspecified atom stereocenters. The second-order valence-corrected chi connectivity index (χ2v) is 4.78. The molecule has 0 saturated heterocycles. The number of rotatable bonds is 3. The Kier molecular flexibility index (Phi) is 3.68. The maximum Gasteiger partial charge on any atom is 0.161 e. The quantitative estimate of drug-likeness (QED) is 0.946. The van der Waals surface area contributed by atoms with Crippen molar-refractivity contribution in [2.75, 3.05) is 7.11 Å². The van der Waals surface area contributed by atoms with Gasteiger partial charge in [0.2, 0.25) is 0 Å². The molecule has 18 heavy (non-hydrogen) atoms. The summed E-state index contributed by atoms with van der Waals surface area (Å²) in [6.45, 7) is 0. The minimum absolute atomic E-state index is 0.361. The van der Waals surface area contributed by atoms with E-state index in [2.05, 4.69) is 21.0 Å². The molecule has 0 aliphatic rings. The molecule has 6 heteroatoms. The van der Waals surface area contributed by atoms with Gasteiger partial charge in [-0.2, -0.15) is 5.10 Å². The van der Waals surface area contributed by atoms with Crippen LogP contribution in [0.25, 0.3) is 0 Å². The molecule has 0 aliphatic heterocycles. The number of methoxy groups -OCH3 is 1. The van der Waals surface area contributed by atoms with E-state index in [1.54, 1.807) is 30.1 Å². The third kappa shape index (κ3) is 2.26. The van der Waals surface area contributed by atoms with Crippen LogP contribution in [-0.4, -0.2) is 16.9 Å². The number of ether oxygens (including phenoxy) is 1. The fraction of sp³-hybridized carbons (Fsp3) is 0.250. The molecule has 2 rings (SSSR count). The number of nitrogens with zero attached hydrogens (tertiary/aromatic N) is 2. The molecular weight excluding hydrogens is 301 g/mol. The van der Waals surface area contributed by atoms with Crippen LogP contribution >= 0.6 is 15.9 Å². The average molecular weight is 314 g/mol. The van der Waals surface area contributed by atoms with E-state index in [0.717, 1.165) is 0 Å². The van der Waals surface area contributed by atoms with Crippen LogP contribution in [0.2, 0.25) is 0 Å². The van der Waals surface area contributed by atoms with Crippen LogP contribution in [-0.2, 0) is 7.05 Å². The van der Waals surface area contributed by atoms with Gasteiger partial charge in [-0.3, -0.25) is 4.68 Å². The summed E-state index contributed by atoms with van der Waals surface area (Å²) in [6.07, 6.45) is 1.56. The van der Waals surface area contributed by atoms with Crippen LogP contribution in [0.3, 0.4) is 0 Å². The molecule has 1 aromatic heterocycles. The highest BCUT2D eigenvalue weighted by Gasteiger charge is 2.21. The van der Waals surface area contributed by atoms with Crippen LogP contribution in [0.1, 0.15) is 17.3 Å². The number of aromatic nitrogens is 2. The van der Waals surface area contributed by atoms with Crippen LogP contribution < -0.4 is 10.5 Å². The van der Waals surface area contributed by atoms with E-state index >= 15 is 0 Å². The lowest BCUT2D eigenvalue weighted by molar-refractivity contribution is 0.405. The lowest BCUT2D eigenvalue weighted by Crippen LogP contribution is -2.18. The highest BCUT2D eigenvalue weighted by atomic mass is 79.9. The first-order valence-corrected chi connectivity index (χ1v) is 6.10. The van der Waals surface area contributed by atoms with E-state index in [-0.39, 0.29) is 5.82 Å². The van der Waals surface area contributed by atoms with Gasteiger partial charge in [-0.1, -0.05) is 22.0 Å². The molecule has 0 fully saturated rings. The predicted octanol–water partition coefficient (Wildman–Crippen LogP) is 2.38. The molecule has 0 amide bonds. The van der Waals surface area contributed by atoms with Crippen molar-refractivity contribution in [2.24, 2.45) is 12.8 Å². The van der Waals surface area contributed by atoms with Gasteiger partial charge in [0.15, 0.2) is 5.75 Å². The van der Waals surface area contributed by atoms with Crippen molar-refractivity contribution in [3.8, 4) is 5.75 Å². The van der Waals surface area contributed by atoms with Crippen molar-refractivity contribution in [1.82, 2.24) is 9.78 Å². The Labute approximate surface area is 113 Å². The minimum atomic E-state index is -0.624. The maximum atomic E-state index is 13.9. The Morgan fingerprint density at radius 3 is 2.83 bits per heavy atom. The molecule has 96 valence electrons. The summed E-state index contributed by atoms with van der Waals surface area (Å²) in [5.74, 6) is 0.187. The first-order chi connectivity index (χ1) is 8.54. The van der Waals surface area contributed by atoms with Crippen LogP contribution in [0.4, 0.5) is 4.39 Å². The van der Waals surface area contributed by atoms with Crippen molar-refractivity contribution < 1.29 is 9.13 Å². The van der Waals surface area contributed by atoms with Gasteiger partial charge in [-0.15, -0.1) is 0 Å². The van der Waals surface area contributed by atoms with Crippen LogP contribution in [0.5, 0.6) is 5.75 Å². The molecule has 4 nitrogen and oxygen atoms in total. The molecule has 2 N–H and O–H groups in total. The van der Waals surface area contributed by atoms with E-state index in [0.29, 0.717) is 21.5 Å². The molecular formula is C12H13BrFN3O. The third-order valence-corrected chi connectivity index (χ3v) is 3.25. The second-order valence-electron chi connectivity index (χ2n) is 3.87. The first kappa shape index (κ1) is 13.0. The van der Waals surface area contributed by atoms with E-state index in [4.69, 9.17) is 10.5 Å². The molecule has 1 heterocycles. The van der Waals surface area contributed by atoms with Crippen LogP contribution in [0, 0.1) is 5.82 Å². The largest absolute Gasteiger partial charge is 0.493 e. The maximum absolute atomic E-state index is 13.9. The lowest BCUT2D eigenvalue weighted by Gasteiger charge is -2.15. The Hall–Kier alpha value is -1.40. The molecule has 2 aromatic rings. The molecule has 1 atom stereocenters. The van der Waals surface area contributed by atoms with Gasteiger partial charge >= 0.3 is 0 Å². The minimum Gasteiger partial charge on any atom is -0.493 e. The molecule has 0 spiro atoms. The van der Waals surface area contributed by atoms with Gasteiger partial charge in [0.05, 0.1) is 19.3 Å². The zero-order valence-electron chi connectivity index (χ0n) is 10.0. The van der Waals surface area contributed by atoms with E-state index in [9.17, 15) is 4.39 Å². The fourth-order valence-corrected chi connectivity index (χ4v) is 2.17. The SMILES string of the molecule is COc1cnn(C)c1C(N)c1ccc(Br)cc1F. The monoisotopic (exact) mass is 313 g/mol. The van der Waals surface area contributed by atoms with Gasteiger partial charge in [-0.05, 0) is 12.1 Å². The summed E-state index contributed by atoms with van der Waals surface area (Å²) < 4.78 is 21.3. The summed E-state index contributed by atoms with van der Waals surface area (Å²) >= 11 is 3.21. The number of halogens is 2. The van der Waals surface area contributed by atoms with Crippen molar-refractivity contribution >= 4 is 15.9 Å². The lowest BCUT2D eigenvalue weighted by atomic mass is 10.0. The summed E-state index contributed by atoms with van der Waals surface area (Å²) in [6, 6.07) is 4.16. The highest BCUT2D eigenvalue weighted by molar-refractivity contribution is 9.10. The summed E-state index contributed by atoms with van der Waals surface area (Å²) in [5, 5.41) is 4.06. The zero-order valence-corrected chi connectivity index (χ0v) is 11.6. The molecule has 1 aromatic carbocycles. The Morgan fingerprint density at radius 2 is 2.22 bits per heavy atom. The number of nitrogens with two attached hydrogens (primary N) is 1. The Morgan fingerprint density at radius 1 is 1.50 bits per heavy atom. The van der Waals surface area contributed by atoms with Gasteiger partial charge in [0, 0.05) is 17.1 Å². The van der Waals surface area contributed by atoms with E-state index in [1.807, 2.05) is 0 Å². The molecule has 0 saturated carbocycles. The fourth-order valence-electron chi connectivity index (χ4n) is 1.84. The topological polar surface area (TPSA) is 53.1 Å². The average Bonchev–Trinajstić information content (AvgIpc) is 2.69. The van der Waals surface area contributed by atoms with Crippen molar-refractivity contribution in [3.05, 3.63) is 45.9 Å². The van der Waals surface area contributed by atoms with Gasteiger partial charge in [0.1, 0.15) is 11.5 Å². The van der Waals surface area contributed by atoms with Crippen molar-refractivity contribution in [3.63, 3.8) is 0 Å². The molecule has 0 aliphatic carbocycles. The number of benzene rings is 1. The normalized spacial score (nSPS) is 12.5. The highest BCUT2D eigenvalue weighted by Crippen LogP contribution is 2.29. The third-order valence-electron chi connectivity index (χ3n) is 2.76. The summed E-state index contributed by atoms with van der Waals surface area (Å²) in [4.78, 5) is 0. The van der Waals surface area contributed by atoms with Crippen molar-refractivity contribution in [2.45, 2.75) is 6.04 Å². The Bertz CT molecular complexity index is 570. The van der Waals surface area contributed by atoms with E-state index < -0.39 is 6.04 Å². The first-order valence-electron chi connectivity index (χ1n) is 5.31. The Balaban J connectivity index is 2.47. The van der Waals surface area contributed by atoms with Crippen LogP contribution in [0.15, 0.2) is 28.9 Å². The van der Waals surface area contributed by atoms with Gasteiger partial charge < -0.3 is 10.5 Å². The number of aryl methyl sites for hydroxylation is 1. The second kappa shape index (κ2) is 5.07. The smallest absolute Gasteiger partial charge is 0.161 e. The van der Waals surface area contributed by atoms with Gasteiger partial charge in [0.25, 0.3) is 0 Å². The summed E-state index contributed by atoms with van der Waals surface area (Å²) in [5.41, 5.74) is 7.13. The van der Waals surface area contributed by atoms with Gasteiger partial charge in [-0.25, -0.2) is 4.39 Å². The summed E-state index contributed by atoms with van der Waals surface area (Å²) in [7, 11) is 3.28. The zero-order chi connectivity index (χ0) is 13.3. The number of hydrogen-bond donors (Lipinski definition) is 1.